The van der Waals surface area contributed by atoms with Crippen LogP contribution in [0.25, 0.3) is 10.9 Å². The van der Waals surface area contributed by atoms with Crippen molar-refractivity contribution in [2.45, 2.75) is 20.0 Å². The van der Waals surface area contributed by atoms with Crippen LogP contribution in [0.1, 0.15) is 12.6 Å². The van der Waals surface area contributed by atoms with Crippen LogP contribution in [0.2, 0.25) is 0 Å². The predicted octanol–water partition coefficient (Wildman–Crippen LogP) is 2.79. The maximum atomic E-state index is 12.5. The highest BCUT2D eigenvalue weighted by atomic mass is 32.2. The van der Waals surface area contributed by atoms with Gasteiger partial charge in [0.2, 0.25) is 10.0 Å². The number of aromatic nitrogens is 1. The number of aryl methyl sites for hydroxylation is 1. The molecule has 1 N–H and O–H groups in total. The van der Waals surface area contributed by atoms with Crippen LogP contribution >= 0.6 is 0 Å². The fraction of sp³-hybridized carbons (Fsp3) is 0.375. The number of rotatable bonds is 7. The zero-order valence-corrected chi connectivity index (χ0v) is 15.3. The van der Waals surface area contributed by atoms with Crippen LogP contribution < -0.4 is 9.46 Å². The third kappa shape index (κ3) is 6.27. The predicted molar refractivity (Wildman–Crippen MR) is 92.1 cm³/mol. The molecule has 7 nitrogen and oxygen atoms in total. The first-order chi connectivity index (χ1) is 12.5. The van der Waals surface area contributed by atoms with Crippen LogP contribution in [0.3, 0.4) is 0 Å². The highest BCUT2D eigenvalue weighted by Gasteiger charge is 2.35. The lowest BCUT2D eigenvalue weighted by Crippen LogP contribution is -2.28. The second-order valence-corrected chi connectivity index (χ2v) is 7.29. The lowest BCUT2D eigenvalue weighted by molar-refractivity contribution is -0.145. The third-order valence-corrected chi connectivity index (χ3v) is 4.42. The number of pyridine rings is 1. The van der Waals surface area contributed by atoms with Crippen molar-refractivity contribution in [3.63, 3.8) is 0 Å². The van der Waals surface area contributed by atoms with Crippen LogP contribution in [-0.4, -0.2) is 44.5 Å². The Kier molecular flexibility index (Phi) is 6.14. The van der Waals surface area contributed by atoms with Crippen molar-refractivity contribution < 1.29 is 35.9 Å². The van der Waals surface area contributed by atoms with Gasteiger partial charge in [-0.2, -0.15) is 13.2 Å². The number of sulfonamides is 1. The molecule has 1 aromatic carbocycles. The largest absolute Gasteiger partial charge is 0.482 e. The third-order valence-electron chi connectivity index (χ3n) is 3.19. The van der Waals surface area contributed by atoms with E-state index in [1.165, 1.54) is 12.1 Å². The Labute approximate surface area is 153 Å². The molecule has 148 valence electrons. The molecule has 0 fully saturated rings. The van der Waals surface area contributed by atoms with Crippen LogP contribution in [0.5, 0.6) is 5.75 Å². The summed E-state index contributed by atoms with van der Waals surface area (Å²) in [5, 5.41) is 0.423. The van der Waals surface area contributed by atoms with E-state index in [0.29, 0.717) is 11.1 Å². The smallest absolute Gasteiger partial charge is 0.404 e. The van der Waals surface area contributed by atoms with E-state index in [2.05, 4.69) is 4.98 Å². The van der Waals surface area contributed by atoms with Crippen LogP contribution in [0, 0.1) is 6.92 Å². The highest BCUT2D eigenvalue weighted by Crippen LogP contribution is 2.30. The molecular weight excluding hydrogens is 389 g/mol. The van der Waals surface area contributed by atoms with Gasteiger partial charge in [0, 0.05) is 17.1 Å². The molecule has 0 saturated heterocycles. The molecule has 0 aliphatic rings. The quantitative estimate of drug-likeness (QED) is 0.711. The normalized spacial score (nSPS) is 12.0. The molecule has 0 radical (unpaired) electrons. The number of fused-ring (bicyclic) bond motifs is 1. The number of carbonyl (C=O) groups is 1. The summed E-state index contributed by atoms with van der Waals surface area (Å²) in [5.41, 5.74) is 0.516. The Morgan fingerprint density at radius 1 is 1.26 bits per heavy atom. The maximum absolute atomic E-state index is 12.5. The molecule has 0 amide bonds. The summed E-state index contributed by atoms with van der Waals surface area (Å²) in [6.45, 7) is 2.99. The van der Waals surface area contributed by atoms with Crippen LogP contribution in [0.4, 0.5) is 18.9 Å². The van der Waals surface area contributed by atoms with Gasteiger partial charge in [-0.3, -0.25) is 9.71 Å². The van der Waals surface area contributed by atoms with Gasteiger partial charge in [-0.1, -0.05) is 6.07 Å². The topological polar surface area (TPSA) is 94.6 Å². The minimum Gasteiger partial charge on any atom is -0.482 e. The summed E-state index contributed by atoms with van der Waals surface area (Å²) in [4.78, 5) is 15.6. The Morgan fingerprint density at radius 3 is 2.59 bits per heavy atom. The number of hydrogen-bond acceptors (Lipinski definition) is 6. The number of halogens is 3. The lowest BCUT2D eigenvalue weighted by Gasteiger charge is -2.14. The maximum Gasteiger partial charge on any atom is 0.404 e. The number of hydrogen-bond donors (Lipinski definition) is 1. The van der Waals surface area contributed by atoms with E-state index in [9.17, 15) is 26.4 Å². The molecule has 0 aliphatic carbocycles. The molecule has 27 heavy (non-hydrogen) atoms. The summed E-state index contributed by atoms with van der Waals surface area (Å²) in [7, 11) is -4.72. The first kappa shape index (κ1) is 20.7. The van der Waals surface area contributed by atoms with Gasteiger partial charge in [-0.05, 0) is 26.0 Å². The van der Waals surface area contributed by atoms with Crippen LogP contribution in [0.15, 0.2) is 24.3 Å². The SMILES string of the molecule is CCOC(=O)COc1cc(NS(=O)(=O)CC(F)(F)F)c2nc(C)ccc2c1. The zero-order valence-electron chi connectivity index (χ0n) is 14.5. The summed E-state index contributed by atoms with van der Waals surface area (Å²) in [6, 6.07) is 5.91. The van der Waals surface area contributed by atoms with Crippen molar-refractivity contribution in [3.05, 3.63) is 30.0 Å². The van der Waals surface area contributed by atoms with Gasteiger partial charge in [0.25, 0.3) is 0 Å². The lowest BCUT2D eigenvalue weighted by atomic mass is 10.1. The van der Waals surface area contributed by atoms with E-state index in [4.69, 9.17) is 9.47 Å². The summed E-state index contributed by atoms with van der Waals surface area (Å²) in [6.07, 6.45) is -4.90. The Bertz CT molecular complexity index is 945. The van der Waals surface area contributed by atoms with E-state index in [-0.39, 0.29) is 23.6 Å². The number of carbonyl (C=O) groups excluding carboxylic acids is 1. The van der Waals surface area contributed by atoms with Crippen molar-refractivity contribution >= 4 is 32.6 Å². The number of benzene rings is 1. The molecule has 0 aliphatic heterocycles. The first-order valence-electron chi connectivity index (χ1n) is 7.76. The molecule has 1 heterocycles. The second kappa shape index (κ2) is 7.99. The van der Waals surface area contributed by atoms with Gasteiger partial charge in [-0.25, -0.2) is 13.2 Å². The summed E-state index contributed by atoms with van der Waals surface area (Å²) in [5.74, 6) is -2.61. The number of alkyl halides is 3. The fourth-order valence-electron chi connectivity index (χ4n) is 2.23. The number of anilines is 1. The van der Waals surface area contributed by atoms with E-state index in [0.717, 1.165) is 0 Å². The highest BCUT2D eigenvalue weighted by molar-refractivity contribution is 7.92. The van der Waals surface area contributed by atoms with Crippen molar-refractivity contribution in [1.82, 2.24) is 4.98 Å². The van der Waals surface area contributed by atoms with E-state index in [1.807, 2.05) is 4.72 Å². The molecule has 2 rings (SSSR count). The van der Waals surface area contributed by atoms with Gasteiger partial charge in [0.15, 0.2) is 12.4 Å². The van der Waals surface area contributed by atoms with Crippen molar-refractivity contribution in [2.75, 3.05) is 23.7 Å². The number of esters is 1. The average Bonchev–Trinajstić information content (AvgIpc) is 2.51. The van der Waals surface area contributed by atoms with E-state index >= 15 is 0 Å². The average molecular weight is 406 g/mol. The van der Waals surface area contributed by atoms with Crippen molar-refractivity contribution in [2.24, 2.45) is 0 Å². The first-order valence-corrected chi connectivity index (χ1v) is 9.41. The molecule has 0 saturated carbocycles. The van der Waals surface area contributed by atoms with E-state index < -0.39 is 34.5 Å². The zero-order chi connectivity index (χ0) is 20.2. The molecular formula is C16H17F3N2O5S. The van der Waals surface area contributed by atoms with Gasteiger partial charge in [0.1, 0.15) is 5.75 Å². The summed E-state index contributed by atoms with van der Waals surface area (Å²) < 4.78 is 73.0. The minimum absolute atomic E-state index is 0.0749. The monoisotopic (exact) mass is 406 g/mol. The molecule has 0 bridgehead atoms. The van der Waals surface area contributed by atoms with E-state index in [1.54, 1.807) is 26.0 Å². The fourth-order valence-corrected chi connectivity index (χ4v) is 3.22. The molecule has 11 heteroatoms. The standard InChI is InChI=1S/C16H17F3N2O5S/c1-3-25-14(22)8-26-12-6-11-5-4-10(2)20-15(11)13(7-12)21-27(23,24)9-16(17,18)19/h4-7,21H,3,8-9H2,1-2H3. The van der Waals surface area contributed by atoms with Gasteiger partial charge in [-0.15, -0.1) is 0 Å². The summed E-state index contributed by atoms with van der Waals surface area (Å²) >= 11 is 0. The molecule has 0 atom stereocenters. The Hall–Kier alpha value is -2.56. The van der Waals surface area contributed by atoms with Crippen molar-refractivity contribution in [3.8, 4) is 5.75 Å². The second-order valence-electron chi connectivity index (χ2n) is 5.57. The minimum atomic E-state index is -4.90. The van der Waals surface area contributed by atoms with Gasteiger partial charge in [0.05, 0.1) is 17.8 Å². The number of nitrogens with one attached hydrogen (secondary N) is 1. The van der Waals surface area contributed by atoms with Crippen molar-refractivity contribution in [1.29, 1.82) is 0 Å². The molecule has 0 spiro atoms. The number of ether oxygens (including phenoxy) is 2. The van der Waals surface area contributed by atoms with Crippen LogP contribution in [-0.2, 0) is 19.6 Å². The Morgan fingerprint density at radius 2 is 1.96 bits per heavy atom. The number of nitrogens with zero attached hydrogens (tertiary/aromatic N) is 1. The molecule has 1 aromatic heterocycles. The van der Waals surface area contributed by atoms with Gasteiger partial charge >= 0.3 is 12.1 Å². The Balaban J connectivity index is 2.39. The van der Waals surface area contributed by atoms with Gasteiger partial charge < -0.3 is 9.47 Å². The molecule has 2 aromatic rings. The molecule has 0 unspecified atom stereocenters.